The Bertz CT molecular complexity index is 731. The molecule has 1 unspecified atom stereocenters. The Morgan fingerprint density at radius 3 is 2.83 bits per heavy atom. The Kier molecular flexibility index (Phi) is 5.23. The van der Waals surface area contributed by atoms with Crippen molar-refractivity contribution in [3.8, 4) is 11.6 Å². The summed E-state index contributed by atoms with van der Waals surface area (Å²) in [6.45, 7) is 1.76. The van der Waals surface area contributed by atoms with E-state index < -0.39 is 0 Å². The van der Waals surface area contributed by atoms with E-state index in [0.717, 1.165) is 19.5 Å². The molecular weight excluding hydrogens is 349 g/mol. The van der Waals surface area contributed by atoms with Crippen LogP contribution in [0.5, 0.6) is 11.6 Å². The number of nitrogens with one attached hydrogen (secondary N) is 1. The predicted octanol–water partition coefficient (Wildman–Crippen LogP) is 3.61. The third kappa shape index (κ3) is 3.64. The lowest BCUT2D eigenvalue weighted by Crippen LogP contribution is -2.38. The number of likely N-dealkylation sites (N-methyl/N-ethyl adjacent to an activating group) is 1. The fraction of sp³-hybridized carbons (Fsp3) is 0.294. The number of aromatic nitrogens is 1. The van der Waals surface area contributed by atoms with Crippen molar-refractivity contribution in [1.82, 2.24) is 15.2 Å². The molecule has 1 aromatic carbocycles. The summed E-state index contributed by atoms with van der Waals surface area (Å²) in [5.74, 6) is 0.717. The first-order valence-electron chi connectivity index (χ1n) is 7.62. The van der Waals surface area contributed by atoms with Crippen molar-refractivity contribution in [1.29, 1.82) is 0 Å². The lowest BCUT2D eigenvalue weighted by molar-refractivity contribution is 0.0743. The first-order valence-corrected chi connectivity index (χ1v) is 8.37. The number of ether oxygens (including phenoxy) is 1. The summed E-state index contributed by atoms with van der Waals surface area (Å²) in [6, 6.07) is 8.69. The van der Waals surface area contributed by atoms with Crippen LogP contribution in [0.3, 0.4) is 0 Å². The molecule has 0 spiro atoms. The molecule has 1 aliphatic heterocycles. The molecule has 2 heterocycles. The molecule has 1 aromatic heterocycles. The maximum atomic E-state index is 12.5. The first kappa shape index (κ1) is 17.0. The van der Waals surface area contributed by atoms with Crippen LogP contribution < -0.4 is 10.1 Å². The SMILES string of the molecule is CN(C(=O)c1ccc(Oc2cccc(Cl)c2Cl)nc1)C1CCNC1. The van der Waals surface area contributed by atoms with E-state index in [1.807, 2.05) is 7.05 Å². The zero-order chi connectivity index (χ0) is 17.1. The molecular formula is C17H17Cl2N3O2. The maximum absolute atomic E-state index is 12.5. The van der Waals surface area contributed by atoms with Gasteiger partial charge in [0.05, 0.1) is 10.6 Å². The Morgan fingerprint density at radius 2 is 2.17 bits per heavy atom. The summed E-state index contributed by atoms with van der Waals surface area (Å²) >= 11 is 12.0. The van der Waals surface area contributed by atoms with E-state index in [-0.39, 0.29) is 11.9 Å². The van der Waals surface area contributed by atoms with Gasteiger partial charge in [-0.3, -0.25) is 4.79 Å². The van der Waals surface area contributed by atoms with Crippen molar-refractivity contribution >= 4 is 29.1 Å². The largest absolute Gasteiger partial charge is 0.437 e. The number of nitrogens with zero attached hydrogens (tertiary/aromatic N) is 2. The normalized spacial score (nSPS) is 16.9. The lowest BCUT2D eigenvalue weighted by Gasteiger charge is -2.23. The second-order valence-electron chi connectivity index (χ2n) is 5.60. The Morgan fingerprint density at radius 1 is 1.33 bits per heavy atom. The van der Waals surface area contributed by atoms with Gasteiger partial charge in [-0.15, -0.1) is 0 Å². The molecule has 0 radical (unpaired) electrons. The molecule has 1 saturated heterocycles. The standard InChI is InChI=1S/C17H17Cl2N3O2/c1-22(12-7-8-20-10-12)17(23)11-5-6-15(21-9-11)24-14-4-2-3-13(18)16(14)19/h2-6,9,12,20H,7-8,10H2,1H3. The average molecular weight is 366 g/mol. The summed E-state index contributed by atoms with van der Waals surface area (Å²) in [6.07, 6.45) is 2.47. The van der Waals surface area contributed by atoms with Crippen LogP contribution in [0.15, 0.2) is 36.5 Å². The lowest BCUT2D eigenvalue weighted by atomic mass is 10.2. The summed E-state index contributed by atoms with van der Waals surface area (Å²) in [5.41, 5.74) is 0.522. The highest BCUT2D eigenvalue weighted by Gasteiger charge is 2.24. The van der Waals surface area contributed by atoms with Crippen LogP contribution in [-0.4, -0.2) is 42.0 Å². The van der Waals surface area contributed by atoms with Crippen molar-refractivity contribution in [3.05, 3.63) is 52.1 Å². The third-order valence-corrected chi connectivity index (χ3v) is 4.82. The van der Waals surface area contributed by atoms with E-state index in [4.69, 9.17) is 27.9 Å². The molecule has 1 fully saturated rings. The summed E-state index contributed by atoms with van der Waals surface area (Å²) < 4.78 is 5.62. The monoisotopic (exact) mass is 365 g/mol. The van der Waals surface area contributed by atoms with Gasteiger partial charge < -0.3 is 15.0 Å². The van der Waals surface area contributed by atoms with Crippen molar-refractivity contribution < 1.29 is 9.53 Å². The number of hydrogen-bond donors (Lipinski definition) is 1. The number of carbonyl (C=O) groups excluding carboxylic acids is 1. The molecule has 5 nitrogen and oxygen atoms in total. The van der Waals surface area contributed by atoms with Crippen LogP contribution in [0.2, 0.25) is 10.0 Å². The molecule has 3 rings (SSSR count). The molecule has 1 N–H and O–H groups in total. The summed E-state index contributed by atoms with van der Waals surface area (Å²) in [4.78, 5) is 18.4. The van der Waals surface area contributed by atoms with Gasteiger partial charge in [-0.25, -0.2) is 4.98 Å². The topological polar surface area (TPSA) is 54.5 Å². The van der Waals surface area contributed by atoms with Gasteiger partial charge >= 0.3 is 0 Å². The predicted molar refractivity (Wildman–Crippen MR) is 94.1 cm³/mol. The highest BCUT2D eigenvalue weighted by atomic mass is 35.5. The fourth-order valence-corrected chi connectivity index (χ4v) is 2.91. The Labute approximate surface area is 150 Å². The smallest absolute Gasteiger partial charge is 0.255 e. The molecule has 0 bridgehead atoms. The minimum atomic E-state index is -0.0523. The van der Waals surface area contributed by atoms with Crippen LogP contribution in [0.1, 0.15) is 16.8 Å². The highest BCUT2D eigenvalue weighted by molar-refractivity contribution is 6.42. The van der Waals surface area contributed by atoms with Gasteiger partial charge in [0.15, 0.2) is 0 Å². The van der Waals surface area contributed by atoms with Crippen molar-refractivity contribution in [3.63, 3.8) is 0 Å². The van der Waals surface area contributed by atoms with Crippen LogP contribution in [0.25, 0.3) is 0 Å². The molecule has 1 amide bonds. The van der Waals surface area contributed by atoms with Crippen LogP contribution in [-0.2, 0) is 0 Å². The molecule has 1 atom stereocenters. The third-order valence-electron chi connectivity index (χ3n) is 4.02. The highest BCUT2D eigenvalue weighted by Crippen LogP contribution is 2.34. The molecule has 2 aromatic rings. The van der Waals surface area contributed by atoms with Gasteiger partial charge in [-0.05, 0) is 31.2 Å². The minimum absolute atomic E-state index is 0.0523. The van der Waals surface area contributed by atoms with E-state index >= 15 is 0 Å². The van der Waals surface area contributed by atoms with Gasteiger partial charge in [-0.2, -0.15) is 0 Å². The summed E-state index contributed by atoms with van der Waals surface area (Å²) in [7, 11) is 1.82. The molecule has 0 saturated carbocycles. The number of hydrogen-bond acceptors (Lipinski definition) is 4. The Balaban J connectivity index is 1.71. The zero-order valence-corrected chi connectivity index (χ0v) is 14.6. The van der Waals surface area contributed by atoms with Gasteiger partial charge in [0, 0.05) is 31.9 Å². The molecule has 126 valence electrons. The van der Waals surface area contributed by atoms with Crippen molar-refractivity contribution in [2.24, 2.45) is 0 Å². The van der Waals surface area contributed by atoms with E-state index in [0.29, 0.717) is 27.2 Å². The van der Waals surface area contributed by atoms with Crippen LogP contribution >= 0.6 is 23.2 Å². The number of rotatable bonds is 4. The fourth-order valence-electron chi connectivity index (χ4n) is 2.58. The van der Waals surface area contributed by atoms with E-state index in [1.165, 1.54) is 6.20 Å². The number of benzene rings is 1. The quantitative estimate of drug-likeness (QED) is 0.898. The number of carbonyl (C=O) groups is 1. The average Bonchev–Trinajstić information content (AvgIpc) is 3.13. The van der Waals surface area contributed by atoms with E-state index in [1.54, 1.807) is 35.2 Å². The second-order valence-corrected chi connectivity index (χ2v) is 6.39. The molecule has 0 aliphatic carbocycles. The maximum Gasteiger partial charge on any atom is 0.255 e. The van der Waals surface area contributed by atoms with Crippen LogP contribution in [0.4, 0.5) is 0 Å². The summed E-state index contributed by atoms with van der Waals surface area (Å²) in [5, 5.41) is 3.99. The van der Waals surface area contributed by atoms with E-state index in [9.17, 15) is 4.79 Å². The first-order chi connectivity index (χ1) is 11.6. The minimum Gasteiger partial charge on any atom is -0.437 e. The Hall–Kier alpha value is -1.82. The zero-order valence-electron chi connectivity index (χ0n) is 13.1. The number of pyridine rings is 1. The number of halogens is 2. The van der Waals surface area contributed by atoms with Crippen molar-refractivity contribution in [2.75, 3.05) is 20.1 Å². The van der Waals surface area contributed by atoms with E-state index in [2.05, 4.69) is 10.3 Å². The van der Waals surface area contributed by atoms with Gasteiger partial charge in [0.2, 0.25) is 5.88 Å². The van der Waals surface area contributed by atoms with Gasteiger partial charge in [0.1, 0.15) is 10.8 Å². The van der Waals surface area contributed by atoms with Gasteiger partial charge in [-0.1, -0.05) is 29.3 Å². The second kappa shape index (κ2) is 7.38. The van der Waals surface area contributed by atoms with Gasteiger partial charge in [0.25, 0.3) is 5.91 Å². The molecule has 1 aliphatic rings. The van der Waals surface area contributed by atoms with Crippen molar-refractivity contribution in [2.45, 2.75) is 12.5 Å². The van der Waals surface area contributed by atoms with Crippen LogP contribution in [0, 0.1) is 0 Å². The molecule has 24 heavy (non-hydrogen) atoms. The molecule has 7 heteroatoms. The number of amides is 1.